The molecular formula is C12H8F3N3O3. The number of hydrogen-bond acceptors (Lipinski definition) is 5. The average molecular weight is 299 g/mol. The highest BCUT2D eigenvalue weighted by molar-refractivity contribution is 5.77. The summed E-state index contributed by atoms with van der Waals surface area (Å²) in [4.78, 5) is 9.69. The number of benzene rings is 1. The standard InChI is InChI=1S/C12H8F3N3O3/c13-12(14,15)8-1-3-9(4-2-8)17-16-7-10-5-6-11(21-10)18(19)20/h1-7,17H/b16-7-. The van der Waals surface area contributed by atoms with E-state index in [1.807, 2.05) is 0 Å². The van der Waals surface area contributed by atoms with E-state index in [0.717, 1.165) is 12.1 Å². The van der Waals surface area contributed by atoms with Crippen molar-refractivity contribution in [3.63, 3.8) is 0 Å². The van der Waals surface area contributed by atoms with Gasteiger partial charge in [0.05, 0.1) is 23.5 Å². The molecule has 0 bridgehead atoms. The van der Waals surface area contributed by atoms with E-state index in [1.165, 1.54) is 30.5 Å². The van der Waals surface area contributed by atoms with Gasteiger partial charge in [-0.05, 0) is 30.3 Å². The number of alkyl halides is 3. The van der Waals surface area contributed by atoms with Gasteiger partial charge in [-0.1, -0.05) is 0 Å². The van der Waals surface area contributed by atoms with Gasteiger partial charge >= 0.3 is 12.1 Å². The first-order valence-electron chi connectivity index (χ1n) is 5.57. The summed E-state index contributed by atoms with van der Waals surface area (Å²) in [6.07, 6.45) is -3.22. The van der Waals surface area contributed by atoms with Crippen LogP contribution in [0, 0.1) is 10.1 Å². The van der Waals surface area contributed by atoms with Gasteiger partial charge in [0.15, 0.2) is 5.76 Å². The molecule has 6 nitrogen and oxygen atoms in total. The summed E-state index contributed by atoms with van der Waals surface area (Å²) in [7, 11) is 0. The lowest BCUT2D eigenvalue weighted by Crippen LogP contribution is -2.04. The monoisotopic (exact) mass is 299 g/mol. The van der Waals surface area contributed by atoms with E-state index in [2.05, 4.69) is 10.5 Å². The Hall–Kier alpha value is -2.84. The lowest BCUT2D eigenvalue weighted by molar-refractivity contribution is -0.402. The van der Waals surface area contributed by atoms with E-state index >= 15 is 0 Å². The number of hydrogen-bond donors (Lipinski definition) is 1. The molecule has 1 heterocycles. The third kappa shape index (κ3) is 3.81. The number of nitrogens with one attached hydrogen (secondary N) is 1. The van der Waals surface area contributed by atoms with Crippen LogP contribution >= 0.6 is 0 Å². The summed E-state index contributed by atoms with van der Waals surface area (Å²) >= 11 is 0. The number of hydrazone groups is 1. The summed E-state index contributed by atoms with van der Waals surface area (Å²) in [6, 6.07) is 6.76. The second-order valence-corrected chi connectivity index (χ2v) is 3.88. The van der Waals surface area contributed by atoms with Gasteiger partial charge in [0.2, 0.25) is 0 Å². The molecule has 0 saturated heterocycles. The molecule has 0 unspecified atom stereocenters. The number of nitrogens with zero attached hydrogens (tertiary/aromatic N) is 2. The summed E-state index contributed by atoms with van der Waals surface area (Å²) in [6.45, 7) is 0. The van der Waals surface area contributed by atoms with E-state index in [-0.39, 0.29) is 5.76 Å². The van der Waals surface area contributed by atoms with Crippen LogP contribution < -0.4 is 5.43 Å². The van der Waals surface area contributed by atoms with Crippen molar-refractivity contribution in [1.82, 2.24) is 0 Å². The maximum absolute atomic E-state index is 12.3. The molecule has 1 N–H and O–H groups in total. The molecule has 21 heavy (non-hydrogen) atoms. The van der Waals surface area contributed by atoms with Crippen molar-refractivity contribution in [2.24, 2.45) is 5.10 Å². The highest BCUT2D eigenvalue weighted by atomic mass is 19.4. The van der Waals surface area contributed by atoms with E-state index < -0.39 is 22.5 Å². The van der Waals surface area contributed by atoms with Crippen LogP contribution in [-0.4, -0.2) is 11.1 Å². The van der Waals surface area contributed by atoms with Crippen molar-refractivity contribution in [3.8, 4) is 0 Å². The second-order valence-electron chi connectivity index (χ2n) is 3.88. The van der Waals surface area contributed by atoms with Gasteiger partial charge < -0.3 is 4.42 Å². The van der Waals surface area contributed by atoms with E-state index in [1.54, 1.807) is 0 Å². The fourth-order valence-electron chi connectivity index (χ4n) is 1.41. The molecule has 0 atom stereocenters. The molecule has 0 aliphatic rings. The number of furan rings is 1. The lowest BCUT2D eigenvalue weighted by atomic mass is 10.2. The molecule has 0 spiro atoms. The minimum atomic E-state index is -4.39. The number of anilines is 1. The minimum absolute atomic E-state index is 0.140. The Bertz CT molecular complexity index is 662. The molecule has 2 rings (SSSR count). The fraction of sp³-hybridized carbons (Fsp3) is 0.0833. The molecule has 0 aliphatic carbocycles. The number of nitro groups is 1. The van der Waals surface area contributed by atoms with Gasteiger partial charge in [0, 0.05) is 0 Å². The Kier molecular flexibility index (Phi) is 3.92. The summed E-state index contributed by atoms with van der Waals surface area (Å²) < 4.78 is 41.8. The van der Waals surface area contributed by atoms with Gasteiger partial charge in [-0.25, -0.2) is 0 Å². The molecule has 110 valence electrons. The van der Waals surface area contributed by atoms with Crippen molar-refractivity contribution in [1.29, 1.82) is 0 Å². The Balaban J connectivity index is 1.99. The maximum Gasteiger partial charge on any atom is 0.433 e. The van der Waals surface area contributed by atoms with Crippen LogP contribution in [0.4, 0.5) is 24.7 Å². The average Bonchev–Trinajstić information content (AvgIpc) is 2.87. The molecule has 9 heteroatoms. The van der Waals surface area contributed by atoms with Crippen LogP contribution in [0.5, 0.6) is 0 Å². The summed E-state index contributed by atoms with van der Waals surface area (Å²) in [5, 5.41) is 14.1. The first-order valence-corrected chi connectivity index (χ1v) is 5.57. The molecular weight excluding hydrogens is 291 g/mol. The topological polar surface area (TPSA) is 80.7 Å². The number of halogens is 3. The zero-order valence-electron chi connectivity index (χ0n) is 10.3. The van der Waals surface area contributed by atoms with Crippen molar-refractivity contribution in [3.05, 3.63) is 57.8 Å². The zero-order valence-corrected chi connectivity index (χ0v) is 10.3. The first-order chi connectivity index (χ1) is 9.86. The molecule has 0 amide bonds. The third-order valence-electron chi connectivity index (χ3n) is 2.39. The Morgan fingerprint density at radius 3 is 2.38 bits per heavy atom. The van der Waals surface area contributed by atoms with E-state index in [0.29, 0.717) is 5.69 Å². The zero-order chi connectivity index (χ0) is 15.5. The minimum Gasteiger partial charge on any atom is -0.400 e. The van der Waals surface area contributed by atoms with Gasteiger partial charge in [0.1, 0.15) is 4.92 Å². The number of rotatable bonds is 4. The van der Waals surface area contributed by atoms with Gasteiger partial charge in [-0.3, -0.25) is 15.5 Å². The summed E-state index contributed by atoms with van der Waals surface area (Å²) in [5.41, 5.74) is 2.05. The molecule has 1 aromatic carbocycles. The quantitative estimate of drug-likeness (QED) is 0.531. The Morgan fingerprint density at radius 1 is 1.19 bits per heavy atom. The van der Waals surface area contributed by atoms with Crippen molar-refractivity contribution in [2.45, 2.75) is 6.18 Å². The van der Waals surface area contributed by atoms with Crippen LogP contribution in [0.2, 0.25) is 0 Å². The molecule has 0 fully saturated rings. The van der Waals surface area contributed by atoms with Crippen LogP contribution in [0.1, 0.15) is 11.3 Å². The van der Waals surface area contributed by atoms with Gasteiger partial charge in [-0.2, -0.15) is 18.3 Å². The van der Waals surface area contributed by atoms with Crippen LogP contribution in [0.3, 0.4) is 0 Å². The van der Waals surface area contributed by atoms with Crippen LogP contribution in [0.15, 0.2) is 45.9 Å². The predicted octanol–water partition coefficient (Wildman–Crippen LogP) is 3.65. The van der Waals surface area contributed by atoms with Gasteiger partial charge in [-0.15, -0.1) is 0 Å². The fourth-order valence-corrected chi connectivity index (χ4v) is 1.41. The second kappa shape index (κ2) is 5.65. The molecule has 0 aliphatic heterocycles. The molecule has 0 saturated carbocycles. The predicted molar refractivity (Wildman–Crippen MR) is 68.0 cm³/mol. The molecule has 1 aromatic heterocycles. The Labute approximate surface area is 116 Å². The van der Waals surface area contributed by atoms with Crippen molar-refractivity contribution < 1.29 is 22.5 Å². The molecule has 0 radical (unpaired) electrons. The van der Waals surface area contributed by atoms with E-state index in [4.69, 9.17) is 4.42 Å². The highest BCUT2D eigenvalue weighted by Gasteiger charge is 2.29. The maximum atomic E-state index is 12.3. The Morgan fingerprint density at radius 2 is 1.86 bits per heavy atom. The van der Waals surface area contributed by atoms with Crippen molar-refractivity contribution in [2.75, 3.05) is 5.43 Å². The SMILES string of the molecule is O=[N+]([O-])c1ccc(/C=N\Nc2ccc(C(F)(F)F)cc2)o1. The van der Waals surface area contributed by atoms with Crippen LogP contribution in [-0.2, 0) is 6.18 Å². The lowest BCUT2D eigenvalue weighted by Gasteiger charge is -2.06. The van der Waals surface area contributed by atoms with Crippen LogP contribution in [0.25, 0.3) is 0 Å². The van der Waals surface area contributed by atoms with E-state index in [9.17, 15) is 23.3 Å². The highest BCUT2D eigenvalue weighted by Crippen LogP contribution is 2.29. The third-order valence-corrected chi connectivity index (χ3v) is 2.39. The van der Waals surface area contributed by atoms with Gasteiger partial charge in [0.25, 0.3) is 0 Å². The first kappa shape index (κ1) is 14.6. The summed E-state index contributed by atoms with van der Waals surface area (Å²) in [5.74, 6) is -0.285. The van der Waals surface area contributed by atoms with Crippen molar-refractivity contribution >= 4 is 17.8 Å². The normalized spacial score (nSPS) is 11.8. The smallest absolute Gasteiger partial charge is 0.400 e. The molecule has 2 aromatic rings. The largest absolute Gasteiger partial charge is 0.433 e.